The normalized spacial score (nSPS) is 11.0. The number of hydrogen-bond acceptors (Lipinski definition) is 2. The molecule has 0 aliphatic heterocycles. The third kappa shape index (κ3) is 1.35. The molecule has 0 fully saturated rings. The molecule has 0 spiro atoms. The van der Waals surface area contributed by atoms with Gasteiger partial charge in [0.05, 0.1) is 5.69 Å². The van der Waals surface area contributed by atoms with Crippen LogP contribution in [-0.2, 0) is 6.54 Å². The summed E-state index contributed by atoms with van der Waals surface area (Å²) in [5, 5.41) is 5.50. The second-order valence-corrected chi connectivity index (χ2v) is 3.84. The summed E-state index contributed by atoms with van der Waals surface area (Å²) in [6.45, 7) is 4.93. The van der Waals surface area contributed by atoms with Crippen LogP contribution in [-0.4, -0.2) is 14.8 Å². The van der Waals surface area contributed by atoms with Gasteiger partial charge in [-0.15, -0.1) is 0 Å². The molecule has 0 radical (unpaired) electrons. The highest BCUT2D eigenvalue weighted by Gasteiger charge is 2.06. The monoisotopic (exact) mass is 239 g/mol. The Kier molecular flexibility index (Phi) is 2.07. The summed E-state index contributed by atoms with van der Waals surface area (Å²) in [5.41, 5.74) is 1.99. The van der Waals surface area contributed by atoms with Crippen molar-refractivity contribution in [3.8, 4) is 0 Å². The van der Waals surface area contributed by atoms with Gasteiger partial charge in [0.25, 0.3) is 0 Å². The average molecular weight is 240 g/mol. The predicted molar refractivity (Wildman–Crippen MR) is 55.6 cm³/mol. The average Bonchev–Trinajstić information content (AvgIpc) is 2.43. The van der Waals surface area contributed by atoms with E-state index >= 15 is 0 Å². The van der Waals surface area contributed by atoms with Crippen LogP contribution < -0.4 is 0 Å². The lowest BCUT2D eigenvalue weighted by atomic mass is 10.3. The summed E-state index contributed by atoms with van der Waals surface area (Å²) in [5.74, 6) is 0. The van der Waals surface area contributed by atoms with E-state index < -0.39 is 0 Å². The number of fused-ring (bicyclic) bond motifs is 1. The number of rotatable bonds is 1. The summed E-state index contributed by atoms with van der Waals surface area (Å²) in [6, 6.07) is 2.05. The van der Waals surface area contributed by atoms with Gasteiger partial charge in [-0.1, -0.05) is 0 Å². The van der Waals surface area contributed by atoms with Gasteiger partial charge in [0.2, 0.25) is 0 Å². The maximum absolute atomic E-state index is 4.38. The highest BCUT2D eigenvalue weighted by atomic mass is 79.9. The largest absolute Gasteiger partial charge is 0.247 e. The maximum atomic E-state index is 4.38. The van der Waals surface area contributed by atoms with E-state index in [1.807, 2.05) is 11.6 Å². The van der Waals surface area contributed by atoms with Gasteiger partial charge in [-0.3, -0.25) is 0 Å². The van der Waals surface area contributed by atoms with Crippen molar-refractivity contribution in [1.82, 2.24) is 14.8 Å². The fraction of sp³-hybridized carbons (Fsp3) is 0.333. The Labute approximate surface area is 84.9 Å². The minimum Gasteiger partial charge on any atom is -0.247 e. The summed E-state index contributed by atoms with van der Waals surface area (Å²) in [7, 11) is 0. The van der Waals surface area contributed by atoms with Crippen molar-refractivity contribution in [1.29, 1.82) is 0 Å². The fourth-order valence-corrected chi connectivity index (χ4v) is 1.74. The molecule has 13 heavy (non-hydrogen) atoms. The molecule has 0 aliphatic rings. The van der Waals surface area contributed by atoms with Crippen LogP contribution >= 0.6 is 15.9 Å². The number of aryl methyl sites for hydroxylation is 2. The van der Waals surface area contributed by atoms with E-state index in [0.29, 0.717) is 0 Å². The minimum atomic E-state index is 0.860. The van der Waals surface area contributed by atoms with E-state index in [0.717, 1.165) is 27.7 Å². The molecule has 2 heterocycles. The van der Waals surface area contributed by atoms with Gasteiger partial charge in [0, 0.05) is 22.6 Å². The van der Waals surface area contributed by atoms with Gasteiger partial charge in [-0.2, -0.15) is 5.10 Å². The molecule has 0 atom stereocenters. The number of nitrogens with zero attached hydrogens (tertiary/aromatic N) is 3. The first-order valence-corrected chi connectivity index (χ1v) is 5.00. The Morgan fingerprint density at radius 2 is 2.31 bits per heavy atom. The van der Waals surface area contributed by atoms with Crippen molar-refractivity contribution in [3.63, 3.8) is 0 Å². The summed E-state index contributed by atoms with van der Waals surface area (Å²) < 4.78 is 2.91. The minimum absolute atomic E-state index is 0.860. The van der Waals surface area contributed by atoms with E-state index in [1.165, 1.54) is 0 Å². The van der Waals surface area contributed by atoms with Crippen LogP contribution in [0.25, 0.3) is 11.0 Å². The Morgan fingerprint density at radius 3 is 3.00 bits per heavy atom. The molecule has 0 N–H and O–H groups in total. The summed E-state index contributed by atoms with van der Waals surface area (Å²) >= 11 is 3.40. The van der Waals surface area contributed by atoms with Gasteiger partial charge in [-0.25, -0.2) is 9.67 Å². The molecule has 0 aromatic carbocycles. The first kappa shape index (κ1) is 8.69. The fourth-order valence-electron chi connectivity index (χ4n) is 1.41. The molecule has 2 rings (SSSR count). The van der Waals surface area contributed by atoms with Crippen LogP contribution in [0.4, 0.5) is 0 Å². The van der Waals surface area contributed by atoms with Gasteiger partial charge >= 0.3 is 0 Å². The number of halogens is 1. The van der Waals surface area contributed by atoms with E-state index in [4.69, 9.17) is 0 Å². The molecule has 2 aromatic rings. The van der Waals surface area contributed by atoms with Crippen molar-refractivity contribution < 1.29 is 0 Å². The van der Waals surface area contributed by atoms with Crippen LogP contribution in [0.15, 0.2) is 16.7 Å². The van der Waals surface area contributed by atoms with E-state index in [9.17, 15) is 0 Å². The molecule has 0 aliphatic carbocycles. The highest BCUT2D eigenvalue weighted by Crippen LogP contribution is 2.19. The molecule has 0 saturated heterocycles. The Balaban J connectivity index is 2.80. The van der Waals surface area contributed by atoms with Crippen molar-refractivity contribution in [2.24, 2.45) is 0 Å². The SMILES string of the molecule is CCn1nc(C)c2cc(Br)cnc21. The van der Waals surface area contributed by atoms with Crippen LogP contribution in [0.1, 0.15) is 12.6 Å². The highest BCUT2D eigenvalue weighted by molar-refractivity contribution is 9.10. The number of pyridine rings is 1. The molecule has 68 valence electrons. The van der Waals surface area contributed by atoms with Gasteiger partial charge in [-0.05, 0) is 35.8 Å². The first-order chi connectivity index (χ1) is 6.22. The third-order valence-electron chi connectivity index (χ3n) is 2.04. The van der Waals surface area contributed by atoms with Crippen LogP contribution in [0.3, 0.4) is 0 Å². The predicted octanol–water partition coefficient (Wildman–Crippen LogP) is 2.52. The van der Waals surface area contributed by atoms with Gasteiger partial charge in [0.15, 0.2) is 5.65 Å². The molecular formula is C9H10BrN3. The first-order valence-electron chi connectivity index (χ1n) is 4.21. The Morgan fingerprint density at radius 1 is 1.54 bits per heavy atom. The Hall–Kier alpha value is -0.900. The lowest BCUT2D eigenvalue weighted by molar-refractivity contribution is 0.669. The quantitative estimate of drug-likeness (QED) is 0.766. The number of hydrogen-bond donors (Lipinski definition) is 0. The molecule has 2 aromatic heterocycles. The van der Waals surface area contributed by atoms with E-state index in [1.54, 1.807) is 6.20 Å². The second-order valence-electron chi connectivity index (χ2n) is 2.93. The summed E-state index contributed by atoms with van der Waals surface area (Å²) in [4.78, 5) is 4.33. The molecule has 0 saturated carbocycles. The van der Waals surface area contributed by atoms with Crippen LogP contribution in [0, 0.1) is 6.92 Å². The molecule has 3 nitrogen and oxygen atoms in total. The lowest BCUT2D eigenvalue weighted by Crippen LogP contribution is -1.97. The molecule has 4 heteroatoms. The third-order valence-corrected chi connectivity index (χ3v) is 2.47. The van der Waals surface area contributed by atoms with Gasteiger partial charge < -0.3 is 0 Å². The van der Waals surface area contributed by atoms with E-state index in [-0.39, 0.29) is 0 Å². The summed E-state index contributed by atoms with van der Waals surface area (Å²) in [6.07, 6.45) is 1.80. The lowest BCUT2D eigenvalue weighted by Gasteiger charge is -1.96. The molecule has 0 bridgehead atoms. The standard InChI is InChI=1S/C9H10BrN3/c1-3-13-9-8(6(2)12-13)4-7(10)5-11-9/h4-5H,3H2,1-2H3. The van der Waals surface area contributed by atoms with Gasteiger partial charge in [0.1, 0.15) is 0 Å². The van der Waals surface area contributed by atoms with Crippen molar-refractivity contribution in [2.45, 2.75) is 20.4 Å². The van der Waals surface area contributed by atoms with Crippen molar-refractivity contribution in [2.75, 3.05) is 0 Å². The van der Waals surface area contributed by atoms with Crippen molar-refractivity contribution in [3.05, 3.63) is 22.4 Å². The van der Waals surface area contributed by atoms with Crippen molar-refractivity contribution >= 4 is 27.0 Å². The zero-order valence-electron chi connectivity index (χ0n) is 7.58. The molecular weight excluding hydrogens is 230 g/mol. The zero-order chi connectivity index (χ0) is 9.42. The van der Waals surface area contributed by atoms with E-state index in [2.05, 4.69) is 39.0 Å². The maximum Gasteiger partial charge on any atom is 0.158 e. The smallest absolute Gasteiger partial charge is 0.158 e. The molecule has 0 amide bonds. The second kappa shape index (κ2) is 3.10. The zero-order valence-corrected chi connectivity index (χ0v) is 9.17. The Bertz CT molecular complexity index is 447. The number of aromatic nitrogens is 3. The van der Waals surface area contributed by atoms with Crippen LogP contribution in [0.2, 0.25) is 0 Å². The van der Waals surface area contributed by atoms with Crippen LogP contribution in [0.5, 0.6) is 0 Å². The topological polar surface area (TPSA) is 30.7 Å². The molecule has 0 unspecified atom stereocenters.